The summed E-state index contributed by atoms with van der Waals surface area (Å²) in [5.74, 6) is 0. The second-order valence-corrected chi connectivity index (χ2v) is 2.86. The van der Waals surface area contributed by atoms with E-state index in [1.54, 1.807) is 0 Å². The lowest BCUT2D eigenvalue weighted by molar-refractivity contribution is 0.0248. The van der Waals surface area contributed by atoms with Gasteiger partial charge < -0.3 is 0 Å². The van der Waals surface area contributed by atoms with E-state index in [9.17, 15) is 8.78 Å². The van der Waals surface area contributed by atoms with Crippen molar-refractivity contribution in [2.45, 2.75) is 11.8 Å². The van der Waals surface area contributed by atoms with Crippen LogP contribution in [0.25, 0.3) is 0 Å². The molecule has 4 heteroatoms. The second-order valence-electron chi connectivity index (χ2n) is 2.38. The fourth-order valence-corrected chi connectivity index (χ4v) is 1.06. The molecule has 11 heavy (non-hydrogen) atoms. The van der Waals surface area contributed by atoms with Gasteiger partial charge in [-0.25, -0.2) is 0 Å². The third-order valence-corrected chi connectivity index (χ3v) is 2.06. The molecule has 1 unspecified atom stereocenters. The maximum Gasteiger partial charge on any atom is 0.335 e. The highest BCUT2D eigenvalue weighted by Gasteiger charge is 2.49. The SMILES string of the molecule is [CH2]CC1(C(F)(F)Cl)C=CN=C1. The Morgan fingerprint density at radius 3 is 2.45 bits per heavy atom. The predicted molar refractivity (Wildman–Crippen MR) is 40.8 cm³/mol. The summed E-state index contributed by atoms with van der Waals surface area (Å²) in [5.41, 5.74) is -1.48. The molecule has 0 bridgehead atoms. The monoisotopic (exact) mass is 178 g/mol. The summed E-state index contributed by atoms with van der Waals surface area (Å²) in [6.07, 6.45) is 3.71. The molecule has 1 rings (SSSR count). The molecular weight excluding hydrogens is 172 g/mol. The van der Waals surface area contributed by atoms with Gasteiger partial charge in [0, 0.05) is 12.4 Å². The van der Waals surface area contributed by atoms with Crippen molar-refractivity contribution in [3.63, 3.8) is 0 Å². The first-order valence-electron chi connectivity index (χ1n) is 3.10. The highest BCUT2D eigenvalue weighted by atomic mass is 35.5. The Bertz CT molecular complexity index is 193. The molecule has 0 aromatic carbocycles. The van der Waals surface area contributed by atoms with Crippen molar-refractivity contribution < 1.29 is 8.78 Å². The predicted octanol–water partition coefficient (Wildman–Crippen LogP) is 2.63. The zero-order valence-corrected chi connectivity index (χ0v) is 6.48. The number of aliphatic imine (C=N–C) groups is 1. The molecule has 61 valence electrons. The van der Waals surface area contributed by atoms with Crippen LogP contribution in [0.1, 0.15) is 6.42 Å². The number of nitrogens with zero attached hydrogens (tertiary/aromatic N) is 1. The van der Waals surface area contributed by atoms with Gasteiger partial charge in [-0.05, 0) is 24.1 Å². The van der Waals surface area contributed by atoms with Gasteiger partial charge in [0.15, 0.2) is 0 Å². The van der Waals surface area contributed by atoms with Crippen molar-refractivity contribution >= 4 is 17.8 Å². The van der Waals surface area contributed by atoms with E-state index in [1.165, 1.54) is 12.3 Å². The first kappa shape index (κ1) is 8.65. The van der Waals surface area contributed by atoms with Crippen LogP contribution in [0.5, 0.6) is 0 Å². The Hall–Kier alpha value is -0.440. The number of alkyl halides is 3. The molecule has 0 amide bonds. The van der Waals surface area contributed by atoms with E-state index in [0.717, 1.165) is 6.21 Å². The topological polar surface area (TPSA) is 12.4 Å². The molecule has 1 heterocycles. The van der Waals surface area contributed by atoms with Crippen molar-refractivity contribution in [3.8, 4) is 0 Å². The van der Waals surface area contributed by atoms with Gasteiger partial charge in [-0.3, -0.25) is 4.99 Å². The van der Waals surface area contributed by atoms with Crippen LogP contribution >= 0.6 is 11.6 Å². The van der Waals surface area contributed by atoms with Gasteiger partial charge in [0.25, 0.3) is 0 Å². The maximum absolute atomic E-state index is 12.7. The summed E-state index contributed by atoms with van der Waals surface area (Å²) in [7, 11) is 0. The minimum absolute atomic E-state index is 0.00347. The van der Waals surface area contributed by atoms with Crippen molar-refractivity contribution in [2.24, 2.45) is 10.4 Å². The van der Waals surface area contributed by atoms with Gasteiger partial charge in [0.1, 0.15) is 5.41 Å². The van der Waals surface area contributed by atoms with E-state index in [4.69, 9.17) is 11.6 Å². The summed E-state index contributed by atoms with van der Waals surface area (Å²) in [6, 6.07) is 0. The fraction of sp³-hybridized carbons (Fsp3) is 0.429. The summed E-state index contributed by atoms with van der Waals surface area (Å²) in [6.45, 7) is 3.40. The molecule has 0 aromatic heterocycles. The van der Waals surface area contributed by atoms with Crippen LogP contribution < -0.4 is 0 Å². The molecule has 1 nitrogen and oxygen atoms in total. The zero-order valence-electron chi connectivity index (χ0n) is 5.73. The Labute approximate surface area is 68.8 Å². The van der Waals surface area contributed by atoms with Gasteiger partial charge in [0.05, 0.1) is 0 Å². The van der Waals surface area contributed by atoms with E-state index in [1.807, 2.05) is 0 Å². The maximum atomic E-state index is 12.7. The molecular formula is C7H7ClF2N. The van der Waals surface area contributed by atoms with Crippen molar-refractivity contribution in [1.82, 2.24) is 0 Å². The van der Waals surface area contributed by atoms with Crippen LogP contribution in [0.2, 0.25) is 0 Å². The third kappa shape index (κ3) is 1.29. The van der Waals surface area contributed by atoms with E-state index in [-0.39, 0.29) is 6.42 Å². The largest absolute Gasteiger partial charge is 0.335 e. The summed E-state index contributed by atoms with van der Waals surface area (Å²) in [4.78, 5) is 3.56. The average Bonchev–Trinajstić information content (AvgIpc) is 2.33. The average molecular weight is 179 g/mol. The molecule has 0 spiro atoms. The Morgan fingerprint density at radius 1 is 1.64 bits per heavy atom. The Morgan fingerprint density at radius 2 is 2.27 bits per heavy atom. The van der Waals surface area contributed by atoms with Gasteiger partial charge >= 0.3 is 5.38 Å². The minimum Gasteiger partial charge on any atom is -0.268 e. The van der Waals surface area contributed by atoms with E-state index < -0.39 is 10.8 Å². The quantitative estimate of drug-likeness (QED) is 0.577. The van der Waals surface area contributed by atoms with Gasteiger partial charge in [-0.2, -0.15) is 8.78 Å². The highest BCUT2D eigenvalue weighted by molar-refractivity contribution is 6.23. The summed E-state index contributed by atoms with van der Waals surface area (Å²) < 4.78 is 25.3. The number of halogens is 3. The molecule has 0 aliphatic carbocycles. The molecule has 0 aromatic rings. The lowest BCUT2D eigenvalue weighted by atomic mass is 9.88. The first-order valence-corrected chi connectivity index (χ1v) is 3.48. The van der Waals surface area contributed by atoms with Crippen molar-refractivity contribution in [3.05, 3.63) is 19.2 Å². The van der Waals surface area contributed by atoms with Crippen molar-refractivity contribution in [2.75, 3.05) is 0 Å². The molecule has 1 radical (unpaired) electrons. The van der Waals surface area contributed by atoms with Crippen LogP contribution in [-0.4, -0.2) is 11.6 Å². The van der Waals surface area contributed by atoms with E-state index in [2.05, 4.69) is 11.9 Å². The fourth-order valence-electron chi connectivity index (χ4n) is 0.852. The van der Waals surface area contributed by atoms with Gasteiger partial charge in [0.2, 0.25) is 0 Å². The molecule has 0 saturated heterocycles. The molecule has 1 aliphatic rings. The molecule has 1 atom stereocenters. The molecule has 0 N–H and O–H groups in total. The van der Waals surface area contributed by atoms with E-state index in [0.29, 0.717) is 0 Å². The van der Waals surface area contributed by atoms with Crippen LogP contribution in [-0.2, 0) is 0 Å². The Balaban J connectivity index is 2.95. The number of hydrogen-bond donors (Lipinski definition) is 0. The number of rotatable bonds is 2. The standard InChI is InChI=1S/C7H7ClF2N/c1-2-6(7(8,9)10)3-4-11-5-6/h3-5H,1-2H2. The lowest BCUT2D eigenvalue weighted by Crippen LogP contribution is -2.34. The van der Waals surface area contributed by atoms with Gasteiger partial charge in [-0.1, -0.05) is 6.92 Å². The first-order chi connectivity index (χ1) is 5.02. The van der Waals surface area contributed by atoms with Crippen LogP contribution in [0.15, 0.2) is 17.3 Å². The highest BCUT2D eigenvalue weighted by Crippen LogP contribution is 2.44. The number of hydrogen-bond acceptors (Lipinski definition) is 1. The zero-order chi connectivity index (χ0) is 8.54. The summed E-state index contributed by atoms with van der Waals surface area (Å²) >= 11 is 4.88. The second kappa shape index (κ2) is 2.55. The van der Waals surface area contributed by atoms with Crippen LogP contribution in [0, 0.1) is 12.3 Å². The Kier molecular flexibility index (Phi) is 2.01. The van der Waals surface area contributed by atoms with Gasteiger partial charge in [-0.15, -0.1) is 0 Å². The van der Waals surface area contributed by atoms with Crippen LogP contribution in [0.3, 0.4) is 0 Å². The van der Waals surface area contributed by atoms with Crippen LogP contribution in [0.4, 0.5) is 8.78 Å². The molecule has 1 aliphatic heterocycles. The minimum atomic E-state index is -3.30. The molecule has 0 saturated carbocycles. The van der Waals surface area contributed by atoms with Crippen molar-refractivity contribution in [1.29, 1.82) is 0 Å². The molecule has 0 fully saturated rings. The smallest absolute Gasteiger partial charge is 0.268 e. The van der Waals surface area contributed by atoms with E-state index >= 15 is 0 Å². The number of allylic oxidation sites excluding steroid dienone is 1. The normalized spacial score (nSPS) is 29.8. The third-order valence-electron chi connectivity index (χ3n) is 1.70. The summed E-state index contributed by atoms with van der Waals surface area (Å²) in [5, 5.41) is -3.30. The lowest BCUT2D eigenvalue weighted by Gasteiger charge is -2.26.